The molecule has 0 unspecified atom stereocenters. The van der Waals surface area contributed by atoms with Crippen LogP contribution < -0.4 is 0 Å². The number of nitro benzene ring substituents is 1. The van der Waals surface area contributed by atoms with E-state index >= 15 is 0 Å². The van der Waals surface area contributed by atoms with E-state index in [0.29, 0.717) is 10.3 Å². The first-order valence-electron chi connectivity index (χ1n) is 5.37. The zero-order chi connectivity index (χ0) is 13.8. The second kappa shape index (κ2) is 5.26. The van der Waals surface area contributed by atoms with E-state index in [1.54, 1.807) is 0 Å². The first kappa shape index (κ1) is 12.7. The highest BCUT2D eigenvalue weighted by molar-refractivity contribution is 5.77. The molecule has 2 aromatic carbocycles. The van der Waals surface area contributed by atoms with Crippen LogP contribution in [0.1, 0.15) is 5.56 Å². The zero-order valence-electron chi connectivity index (χ0n) is 9.69. The van der Waals surface area contributed by atoms with Crippen LogP contribution >= 0.6 is 0 Å². The van der Waals surface area contributed by atoms with Gasteiger partial charge in [-0.2, -0.15) is 4.74 Å². The van der Waals surface area contributed by atoms with Crippen LogP contribution in [0.25, 0.3) is 0 Å². The molecule has 5 nitrogen and oxygen atoms in total. The van der Waals surface area contributed by atoms with Crippen molar-refractivity contribution in [3.8, 4) is 0 Å². The minimum Gasteiger partial charge on any atom is -0.618 e. The maximum Gasteiger partial charge on any atom is 0.269 e. The van der Waals surface area contributed by atoms with Crippen molar-refractivity contribution in [2.75, 3.05) is 0 Å². The van der Waals surface area contributed by atoms with Crippen LogP contribution in [0.5, 0.6) is 0 Å². The molecule has 0 saturated heterocycles. The summed E-state index contributed by atoms with van der Waals surface area (Å²) in [5.41, 5.74) is 0.751. The van der Waals surface area contributed by atoms with E-state index in [1.165, 1.54) is 54.7 Å². The third kappa shape index (κ3) is 3.12. The second-order valence-electron chi connectivity index (χ2n) is 3.78. The summed E-state index contributed by atoms with van der Waals surface area (Å²) >= 11 is 0. The zero-order valence-corrected chi connectivity index (χ0v) is 9.69. The third-order valence-corrected chi connectivity index (χ3v) is 2.45. The van der Waals surface area contributed by atoms with Crippen molar-refractivity contribution in [3.63, 3.8) is 0 Å². The molecule has 0 aliphatic carbocycles. The molecule has 0 saturated carbocycles. The van der Waals surface area contributed by atoms with Crippen molar-refractivity contribution in [1.82, 2.24) is 0 Å². The summed E-state index contributed by atoms with van der Waals surface area (Å²) < 4.78 is 13.3. The van der Waals surface area contributed by atoms with Crippen LogP contribution in [0.3, 0.4) is 0 Å². The Hall–Kier alpha value is -2.76. The van der Waals surface area contributed by atoms with Gasteiger partial charge in [0.05, 0.1) is 4.92 Å². The van der Waals surface area contributed by atoms with Gasteiger partial charge in [-0.25, -0.2) is 4.39 Å². The summed E-state index contributed by atoms with van der Waals surface area (Å²) in [6.07, 6.45) is 1.26. The number of benzene rings is 2. The summed E-state index contributed by atoms with van der Waals surface area (Å²) in [6, 6.07) is 10.6. The molecule has 0 amide bonds. The maximum absolute atomic E-state index is 12.7. The summed E-state index contributed by atoms with van der Waals surface area (Å²) in [4.78, 5) is 9.96. The largest absolute Gasteiger partial charge is 0.618 e. The van der Waals surface area contributed by atoms with Gasteiger partial charge in [0, 0.05) is 29.8 Å². The monoisotopic (exact) mass is 260 g/mol. The predicted octanol–water partition coefficient (Wildman–Crippen LogP) is 2.99. The Morgan fingerprint density at radius 3 is 1.95 bits per heavy atom. The van der Waals surface area contributed by atoms with Crippen molar-refractivity contribution in [3.05, 3.63) is 75.2 Å². The van der Waals surface area contributed by atoms with E-state index in [2.05, 4.69) is 0 Å². The Balaban J connectivity index is 2.25. The van der Waals surface area contributed by atoms with Gasteiger partial charge in [0.2, 0.25) is 5.69 Å². The highest BCUT2D eigenvalue weighted by Gasteiger charge is 2.05. The molecular weight excluding hydrogens is 251 g/mol. The van der Waals surface area contributed by atoms with Crippen LogP contribution in [-0.2, 0) is 0 Å². The first-order valence-corrected chi connectivity index (χ1v) is 5.37. The van der Waals surface area contributed by atoms with Crippen LogP contribution in [-0.4, -0.2) is 15.9 Å². The van der Waals surface area contributed by atoms with Crippen molar-refractivity contribution < 1.29 is 14.1 Å². The Kier molecular flexibility index (Phi) is 3.51. The molecule has 6 heteroatoms. The lowest BCUT2D eigenvalue weighted by Crippen LogP contribution is -1.99. The van der Waals surface area contributed by atoms with Crippen molar-refractivity contribution in [2.45, 2.75) is 0 Å². The molecule has 0 fully saturated rings. The van der Waals surface area contributed by atoms with E-state index in [-0.39, 0.29) is 11.4 Å². The van der Waals surface area contributed by atoms with E-state index in [4.69, 9.17) is 0 Å². The normalized spacial score (nSPS) is 11.3. The fourth-order valence-electron chi connectivity index (χ4n) is 1.48. The Labute approximate surface area is 108 Å². The highest BCUT2D eigenvalue weighted by atomic mass is 19.1. The minimum absolute atomic E-state index is 0.0450. The highest BCUT2D eigenvalue weighted by Crippen LogP contribution is 2.13. The molecule has 19 heavy (non-hydrogen) atoms. The van der Waals surface area contributed by atoms with E-state index in [9.17, 15) is 19.7 Å². The molecule has 0 heterocycles. The molecule has 2 rings (SSSR count). The number of hydrogen-bond acceptors (Lipinski definition) is 3. The number of nitro groups is 1. The fourth-order valence-corrected chi connectivity index (χ4v) is 1.48. The average Bonchev–Trinajstić information content (AvgIpc) is 2.40. The smallest absolute Gasteiger partial charge is 0.269 e. The number of non-ortho nitro benzene ring substituents is 1. The summed E-state index contributed by atoms with van der Waals surface area (Å²) in [5, 5.41) is 22.2. The van der Waals surface area contributed by atoms with Crippen molar-refractivity contribution >= 4 is 17.6 Å². The molecule has 96 valence electrons. The maximum atomic E-state index is 12.7. The fraction of sp³-hybridized carbons (Fsp3) is 0. The summed E-state index contributed by atoms with van der Waals surface area (Å²) in [6.45, 7) is 0. The molecule has 0 aliphatic heterocycles. The van der Waals surface area contributed by atoms with E-state index in [1.807, 2.05) is 0 Å². The molecule has 0 aliphatic rings. The lowest BCUT2D eigenvalue weighted by Gasteiger charge is -2.02. The minimum atomic E-state index is -0.515. The molecule has 0 bridgehead atoms. The quantitative estimate of drug-likeness (QED) is 0.280. The number of halogens is 1. The topological polar surface area (TPSA) is 69.2 Å². The SMILES string of the molecule is O=[N+]([O-])c1ccc(/C=[N+](\[O-])c2ccc(F)cc2)cc1. The van der Waals surface area contributed by atoms with Crippen LogP contribution in [0.2, 0.25) is 0 Å². The predicted molar refractivity (Wildman–Crippen MR) is 67.9 cm³/mol. The Morgan fingerprint density at radius 2 is 1.42 bits per heavy atom. The molecule has 0 radical (unpaired) electrons. The van der Waals surface area contributed by atoms with Gasteiger partial charge in [-0.05, 0) is 24.3 Å². The lowest BCUT2D eigenvalue weighted by atomic mass is 10.2. The van der Waals surface area contributed by atoms with Gasteiger partial charge >= 0.3 is 0 Å². The first-order chi connectivity index (χ1) is 9.06. The van der Waals surface area contributed by atoms with Crippen LogP contribution in [0.4, 0.5) is 15.8 Å². The van der Waals surface area contributed by atoms with E-state index < -0.39 is 10.7 Å². The number of hydrogen-bond donors (Lipinski definition) is 0. The Morgan fingerprint density at radius 1 is 0.895 bits per heavy atom. The Bertz CT molecular complexity index is 621. The second-order valence-corrected chi connectivity index (χ2v) is 3.78. The molecule has 0 N–H and O–H groups in total. The van der Waals surface area contributed by atoms with Gasteiger partial charge < -0.3 is 5.21 Å². The van der Waals surface area contributed by atoms with Crippen molar-refractivity contribution in [1.29, 1.82) is 0 Å². The van der Waals surface area contributed by atoms with Gasteiger partial charge in [-0.15, -0.1) is 0 Å². The van der Waals surface area contributed by atoms with Gasteiger partial charge in [-0.3, -0.25) is 10.1 Å². The van der Waals surface area contributed by atoms with Gasteiger partial charge in [0.15, 0.2) is 6.21 Å². The van der Waals surface area contributed by atoms with Crippen LogP contribution in [0.15, 0.2) is 48.5 Å². The van der Waals surface area contributed by atoms with Gasteiger partial charge in [-0.1, -0.05) is 0 Å². The van der Waals surface area contributed by atoms with Crippen molar-refractivity contribution in [2.24, 2.45) is 0 Å². The summed E-state index contributed by atoms with van der Waals surface area (Å²) in [7, 11) is 0. The average molecular weight is 260 g/mol. The standard InChI is InChI=1S/C13H9FN2O3/c14-11-3-7-12(8-4-11)15(17)9-10-1-5-13(6-2-10)16(18)19/h1-9H/b15-9-. The molecule has 0 spiro atoms. The number of nitrogens with zero attached hydrogens (tertiary/aromatic N) is 2. The van der Waals surface area contributed by atoms with Crippen LogP contribution in [0, 0.1) is 21.1 Å². The van der Waals surface area contributed by atoms with Gasteiger partial charge in [0.25, 0.3) is 5.69 Å². The molecular formula is C13H9FN2O3. The number of rotatable bonds is 3. The third-order valence-electron chi connectivity index (χ3n) is 2.45. The lowest BCUT2D eigenvalue weighted by molar-refractivity contribution is -0.384. The summed E-state index contributed by atoms with van der Waals surface area (Å²) in [5.74, 6) is -0.424. The molecule has 0 atom stereocenters. The molecule has 2 aromatic rings. The van der Waals surface area contributed by atoms with Gasteiger partial charge in [0.1, 0.15) is 5.82 Å². The van der Waals surface area contributed by atoms with E-state index in [0.717, 1.165) is 0 Å². The molecule has 0 aromatic heterocycles.